The first-order valence-electron chi connectivity index (χ1n) is 10.7. The first kappa shape index (κ1) is 21.0. The molecule has 0 spiro atoms. The van der Waals surface area contributed by atoms with Gasteiger partial charge < -0.3 is 10.2 Å². The van der Waals surface area contributed by atoms with E-state index in [-0.39, 0.29) is 5.92 Å². The van der Waals surface area contributed by atoms with Crippen LogP contribution in [0.2, 0.25) is 0 Å². The molecule has 3 nitrogen and oxygen atoms in total. The molecule has 3 aromatic rings. The van der Waals surface area contributed by atoms with Crippen LogP contribution in [0.4, 0.5) is 0 Å². The zero-order valence-electron chi connectivity index (χ0n) is 17.2. The van der Waals surface area contributed by atoms with Crippen molar-refractivity contribution in [1.29, 1.82) is 0 Å². The van der Waals surface area contributed by atoms with Crippen molar-refractivity contribution in [3.05, 3.63) is 94.2 Å². The van der Waals surface area contributed by atoms with Gasteiger partial charge in [0.25, 0.3) is 0 Å². The molecule has 1 aromatic heterocycles. The van der Waals surface area contributed by atoms with Gasteiger partial charge in [0, 0.05) is 45.2 Å². The summed E-state index contributed by atoms with van der Waals surface area (Å²) in [7, 11) is 0. The molecule has 4 rings (SSSR count). The number of nitrogens with one attached hydrogen (secondary N) is 1. The van der Waals surface area contributed by atoms with E-state index in [0.29, 0.717) is 0 Å². The summed E-state index contributed by atoms with van der Waals surface area (Å²) >= 11 is 7.58. The molecule has 156 valence electrons. The molecule has 0 bridgehead atoms. The number of hydrogen-bond acceptors (Lipinski definition) is 3. The van der Waals surface area contributed by atoms with Gasteiger partial charge in [-0.2, -0.15) is 11.3 Å². The van der Waals surface area contributed by atoms with Crippen molar-refractivity contribution in [3.63, 3.8) is 0 Å². The first-order chi connectivity index (χ1) is 14.8. The summed E-state index contributed by atoms with van der Waals surface area (Å²) in [6.07, 6.45) is 1.15. The highest BCUT2D eigenvalue weighted by Crippen LogP contribution is 2.23. The van der Waals surface area contributed by atoms with Crippen molar-refractivity contribution in [2.75, 3.05) is 32.7 Å². The minimum atomic E-state index is 0.285. The molecule has 30 heavy (non-hydrogen) atoms. The van der Waals surface area contributed by atoms with E-state index in [2.05, 4.69) is 92.6 Å². The number of rotatable bonds is 6. The number of thiophene rings is 1. The highest BCUT2D eigenvalue weighted by molar-refractivity contribution is 7.80. The lowest BCUT2D eigenvalue weighted by molar-refractivity contribution is 0.278. The molecular formula is C25H29N3S2. The highest BCUT2D eigenvalue weighted by atomic mass is 32.1. The maximum atomic E-state index is 5.80. The van der Waals surface area contributed by atoms with E-state index in [1.54, 1.807) is 11.3 Å². The minimum Gasteiger partial charge on any atom is -0.362 e. The maximum absolute atomic E-state index is 5.80. The second-order valence-corrected chi connectivity index (χ2v) is 8.98. The predicted molar refractivity (Wildman–Crippen MR) is 131 cm³/mol. The van der Waals surface area contributed by atoms with E-state index in [1.807, 2.05) is 0 Å². The molecule has 1 aliphatic heterocycles. The Kier molecular flexibility index (Phi) is 7.51. The quantitative estimate of drug-likeness (QED) is 0.551. The standard InChI is InChI=1S/C25H29N3S2/c29-25(28-14-7-13-27(15-16-28)19-21-12-17-30-20-21)26-18-24(22-8-3-1-4-9-22)23-10-5-2-6-11-23/h1-6,8-12,17,20,24H,7,13-16,18-19H2,(H,26,29). The molecule has 1 N–H and O–H groups in total. The average molecular weight is 436 g/mol. The molecule has 1 fully saturated rings. The van der Waals surface area contributed by atoms with Gasteiger partial charge in [0.15, 0.2) is 5.11 Å². The van der Waals surface area contributed by atoms with E-state index in [4.69, 9.17) is 12.2 Å². The lowest BCUT2D eigenvalue weighted by Crippen LogP contribution is -2.43. The predicted octanol–water partition coefficient (Wildman–Crippen LogP) is 4.96. The normalized spacial score (nSPS) is 15.2. The van der Waals surface area contributed by atoms with Crippen LogP contribution in [0.5, 0.6) is 0 Å². The lowest BCUT2D eigenvalue weighted by Gasteiger charge is -2.27. The number of benzene rings is 2. The Bertz CT molecular complexity index is 857. The van der Waals surface area contributed by atoms with Crippen LogP contribution >= 0.6 is 23.6 Å². The third-order valence-corrected chi connectivity index (χ3v) is 6.86. The average Bonchev–Trinajstić information content (AvgIpc) is 3.19. The summed E-state index contributed by atoms with van der Waals surface area (Å²) < 4.78 is 0. The van der Waals surface area contributed by atoms with Crippen LogP contribution in [-0.4, -0.2) is 47.6 Å². The molecule has 0 unspecified atom stereocenters. The monoisotopic (exact) mass is 435 g/mol. The number of hydrogen-bond donors (Lipinski definition) is 1. The second kappa shape index (κ2) is 10.7. The lowest BCUT2D eigenvalue weighted by atomic mass is 9.91. The van der Waals surface area contributed by atoms with Gasteiger partial charge in [-0.1, -0.05) is 60.7 Å². The van der Waals surface area contributed by atoms with Crippen LogP contribution < -0.4 is 5.32 Å². The van der Waals surface area contributed by atoms with E-state index in [0.717, 1.165) is 50.8 Å². The summed E-state index contributed by atoms with van der Waals surface area (Å²) in [4.78, 5) is 4.89. The third kappa shape index (κ3) is 5.69. The number of thiocarbonyl (C=S) groups is 1. The van der Waals surface area contributed by atoms with Crippen molar-refractivity contribution in [1.82, 2.24) is 15.1 Å². The fourth-order valence-electron chi connectivity index (χ4n) is 4.07. The van der Waals surface area contributed by atoms with Gasteiger partial charge in [0.05, 0.1) is 0 Å². The van der Waals surface area contributed by atoms with Gasteiger partial charge >= 0.3 is 0 Å². The Hall–Kier alpha value is -2.21. The van der Waals surface area contributed by atoms with Crippen molar-refractivity contribution < 1.29 is 0 Å². The van der Waals surface area contributed by atoms with Gasteiger partial charge in [-0.05, 0) is 52.2 Å². The maximum Gasteiger partial charge on any atom is 0.169 e. The van der Waals surface area contributed by atoms with Crippen LogP contribution in [0.1, 0.15) is 29.0 Å². The fourth-order valence-corrected chi connectivity index (χ4v) is 5.00. The van der Waals surface area contributed by atoms with Crippen LogP contribution in [0.3, 0.4) is 0 Å². The molecule has 0 saturated carbocycles. The van der Waals surface area contributed by atoms with E-state index in [9.17, 15) is 0 Å². The number of nitrogens with zero attached hydrogens (tertiary/aromatic N) is 2. The largest absolute Gasteiger partial charge is 0.362 e. The van der Waals surface area contributed by atoms with Gasteiger partial charge in [-0.3, -0.25) is 4.90 Å². The van der Waals surface area contributed by atoms with Crippen molar-refractivity contribution >= 4 is 28.7 Å². The molecule has 0 aliphatic carbocycles. The summed E-state index contributed by atoms with van der Waals surface area (Å²) in [5, 5.41) is 8.87. The smallest absolute Gasteiger partial charge is 0.169 e. The van der Waals surface area contributed by atoms with Gasteiger partial charge in [-0.25, -0.2) is 0 Å². The van der Waals surface area contributed by atoms with Crippen molar-refractivity contribution in [3.8, 4) is 0 Å². The van der Waals surface area contributed by atoms with Crippen molar-refractivity contribution in [2.45, 2.75) is 18.9 Å². The highest BCUT2D eigenvalue weighted by Gasteiger charge is 2.19. The molecule has 0 amide bonds. The van der Waals surface area contributed by atoms with Gasteiger partial charge in [-0.15, -0.1) is 0 Å². The summed E-state index contributed by atoms with van der Waals surface area (Å²) in [6.45, 7) is 6.04. The van der Waals surface area contributed by atoms with Crippen LogP contribution in [0.15, 0.2) is 77.5 Å². The summed E-state index contributed by atoms with van der Waals surface area (Å²) in [5.74, 6) is 0.285. The molecule has 0 atom stereocenters. The molecule has 2 aromatic carbocycles. The molecule has 2 heterocycles. The molecule has 0 radical (unpaired) electrons. The van der Waals surface area contributed by atoms with E-state index < -0.39 is 0 Å². The van der Waals surface area contributed by atoms with Gasteiger partial charge in [0.1, 0.15) is 0 Å². The van der Waals surface area contributed by atoms with E-state index in [1.165, 1.54) is 16.7 Å². The Morgan fingerprint density at radius 2 is 1.60 bits per heavy atom. The fraction of sp³-hybridized carbons (Fsp3) is 0.320. The summed E-state index contributed by atoms with van der Waals surface area (Å²) in [6, 6.07) is 23.6. The molecule has 1 aliphatic rings. The zero-order chi connectivity index (χ0) is 20.6. The molecular weight excluding hydrogens is 406 g/mol. The Morgan fingerprint density at radius 1 is 0.900 bits per heavy atom. The zero-order valence-corrected chi connectivity index (χ0v) is 18.9. The SMILES string of the molecule is S=C(NCC(c1ccccc1)c1ccccc1)N1CCCN(Cc2ccsc2)CC1. The van der Waals surface area contributed by atoms with Crippen LogP contribution in [0.25, 0.3) is 0 Å². The summed E-state index contributed by atoms with van der Waals surface area (Å²) in [5.41, 5.74) is 4.05. The van der Waals surface area contributed by atoms with Crippen molar-refractivity contribution in [2.24, 2.45) is 0 Å². The minimum absolute atomic E-state index is 0.285. The Balaban J connectivity index is 1.35. The first-order valence-corrected chi connectivity index (χ1v) is 12.0. The Labute approximate surface area is 189 Å². The van der Waals surface area contributed by atoms with Crippen LogP contribution in [-0.2, 0) is 6.54 Å². The van der Waals surface area contributed by atoms with Crippen LogP contribution in [0, 0.1) is 0 Å². The topological polar surface area (TPSA) is 18.5 Å². The van der Waals surface area contributed by atoms with Gasteiger partial charge in [0.2, 0.25) is 0 Å². The second-order valence-electron chi connectivity index (χ2n) is 7.81. The van der Waals surface area contributed by atoms with E-state index >= 15 is 0 Å². The Morgan fingerprint density at radius 3 is 2.23 bits per heavy atom. The molecule has 5 heteroatoms. The third-order valence-electron chi connectivity index (χ3n) is 5.72. The molecule has 1 saturated heterocycles.